The van der Waals surface area contributed by atoms with Crippen LogP contribution in [0.25, 0.3) is 0 Å². The Kier molecular flexibility index (Phi) is 5.92. The molecule has 2 N–H and O–H groups in total. The Labute approximate surface area is 138 Å². The predicted molar refractivity (Wildman–Crippen MR) is 88.4 cm³/mol. The van der Waals surface area contributed by atoms with Gasteiger partial charge in [-0.25, -0.2) is 14.2 Å². The predicted octanol–water partition coefficient (Wildman–Crippen LogP) is 3.45. The summed E-state index contributed by atoms with van der Waals surface area (Å²) in [7, 11) is 1.41. The highest BCUT2D eigenvalue weighted by molar-refractivity contribution is 7.09. The second-order valence-corrected chi connectivity index (χ2v) is 6.17. The third-order valence-corrected chi connectivity index (χ3v) is 4.47. The number of aromatic nitrogens is 1. The molecule has 0 aliphatic carbocycles. The summed E-state index contributed by atoms with van der Waals surface area (Å²) < 4.78 is 18.4. The Morgan fingerprint density at radius 1 is 1.43 bits per heavy atom. The van der Waals surface area contributed by atoms with E-state index in [-0.39, 0.29) is 23.7 Å². The van der Waals surface area contributed by atoms with Crippen LogP contribution >= 0.6 is 11.3 Å². The first-order valence-corrected chi connectivity index (χ1v) is 8.16. The van der Waals surface area contributed by atoms with Crippen LogP contribution in [0.15, 0.2) is 29.8 Å². The molecule has 1 aromatic heterocycles. The maximum atomic E-state index is 13.4. The zero-order chi connectivity index (χ0) is 16.8. The number of nitrogens with zero attached hydrogens (tertiary/aromatic N) is 1. The SMILES string of the molecule is COc1cc(C(C)NC(=O)NCC(C)c2nccs2)ccc1F. The Bertz CT molecular complexity index is 649. The van der Waals surface area contributed by atoms with Crippen molar-refractivity contribution in [2.45, 2.75) is 25.8 Å². The van der Waals surface area contributed by atoms with E-state index >= 15 is 0 Å². The highest BCUT2D eigenvalue weighted by Crippen LogP contribution is 2.22. The van der Waals surface area contributed by atoms with E-state index in [1.54, 1.807) is 29.7 Å². The van der Waals surface area contributed by atoms with Crippen molar-refractivity contribution in [1.82, 2.24) is 15.6 Å². The van der Waals surface area contributed by atoms with Crippen LogP contribution in [0.2, 0.25) is 0 Å². The highest BCUT2D eigenvalue weighted by Gasteiger charge is 2.14. The fraction of sp³-hybridized carbons (Fsp3) is 0.375. The van der Waals surface area contributed by atoms with Crippen molar-refractivity contribution in [2.75, 3.05) is 13.7 Å². The molecule has 0 aliphatic heterocycles. The van der Waals surface area contributed by atoms with Gasteiger partial charge < -0.3 is 15.4 Å². The molecule has 0 fully saturated rings. The van der Waals surface area contributed by atoms with Crippen LogP contribution in [0.3, 0.4) is 0 Å². The van der Waals surface area contributed by atoms with E-state index in [1.165, 1.54) is 13.2 Å². The lowest BCUT2D eigenvalue weighted by Crippen LogP contribution is -2.38. The number of amides is 2. The summed E-state index contributed by atoms with van der Waals surface area (Å²) in [5.41, 5.74) is 0.770. The number of benzene rings is 1. The number of nitrogens with one attached hydrogen (secondary N) is 2. The van der Waals surface area contributed by atoms with Gasteiger partial charge in [-0.05, 0) is 24.6 Å². The van der Waals surface area contributed by atoms with Crippen LogP contribution < -0.4 is 15.4 Å². The molecule has 1 aromatic carbocycles. The number of carbonyl (C=O) groups is 1. The number of hydrogen-bond acceptors (Lipinski definition) is 4. The molecule has 7 heteroatoms. The lowest BCUT2D eigenvalue weighted by molar-refractivity contribution is 0.237. The zero-order valence-electron chi connectivity index (χ0n) is 13.3. The average molecular weight is 337 g/mol. The molecule has 0 radical (unpaired) electrons. The van der Waals surface area contributed by atoms with Gasteiger partial charge in [0.15, 0.2) is 11.6 Å². The second-order valence-electron chi connectivity index (χ2n) is 5.24. The lowest BCUT2D eigenvalue weighted by atomic mass is 10.1. The molecule has 0 aliphatic rings. The van der Waals surface area contributed by atoms with E-state index in [0.29, 0.717) is 6.54 Å². The summed E-state index contributed by atoms with van der Waals surface area (Å²) in [4.78, 5) is 16.2. The first-order chi connectivity index (χ1) is 11.0. The van der Waals surface area contributed by atoms with E-state index in [1.807, 2.05) is 19.2 Å². The molecule has 0 saturated heterocycles. The fourth-order valence-electron chi connectivity index (χ4n) is 2.09. The number of thiazole rings is 1. The van der Waals surface area contributed by atoms with Gasteiger partial charge in [0, 0.05) is 24.0 Å². The van der Waals surface area contributed by atoms with Gasteiger partial charge in [-0.3, -0.25) is 0 Å². The first kappa shape index (κ1) is 17.2. The molecule has 23 heavy (non-hydrogen) atoms. The molecule has 2 unspecified atom stereocenters. The minimum Gasteiger partial charge on any atom is -0.494 e. The summed E-state index contributed by atoms with van der Waals surface area (Å²) in [6.07, 6.45) is 1.75. The van der Waals surface area contributed by atoms with Gasteiger partial charge >= 0.3 is 6.03 Å². The van der Waals surface area contributed by atoms with Crippen molar-refractivity contribution in [1.29, 1.82) is 0 Å². The summed E-state index contributed by atoms with van der Waals surface area (Å²) >= 11 is 1.57. The van der Waals surface area contributed by atoms with Crippen LogP contribution in [0, 0.1) is 5.82 Å². The topological polar surface area (TPSA) is 63.2 Å². The number of rotatable bonds is 6. The summed E-state index contributed by atoms with van der Waals surface area (Å²) in [5.74, 6) is -0.110. The standard InChI is InChI=1S/C16H20FN3O2S/c1-10(15-18-6-7-23-15)9-19-16(21)20-11(2)12-4-5-13(17)14(8-12)22-3/h4-8,10-11H,9H2,1-3H3,(H2,19,20,21). The van der Waals surface area contributed by atoms with E-state index in [9.17, 15) is 9.18 Å². The van der Waals surface area contributed by atoms with Gasteiger partial charge in [0.25, 0.3) is 0 Å². The van der Waals surface area contributed by atoms with Crippen molar-refractivity contribution in [3.8, 4) is 5.75 Å². The maximum absolute atomic E-state index is 13.4. The van der Waals surface area contributed by atoms with E-state index in [4.69, 9.17) is 4.74 Å². The van der Waals surface area contributed by atoms with Crippen molar-refractivity contribution < 1.29 is 13.9 Å². The molecule has 0 bridgehead atoms. The zero-order valence-corrected chi connectivity index (χ0v) is 14.1. The van der Waals surface area contributed by atoms with Gasteiger partial charge in [0.05, 0.1) is 18.2 Å². The van der Waals surface area contributed by atoms with Crippen molar-refractivity contribution in [3.63, 3.8) is 0 Å². The van der Waals surface area contributed by atoms with Crippen molar-refractivity contribution >= 4 is 17.4 Å². The van der Waals surface area contributed by atoms with Gasteiger partial charge in [-0.1, -0.05) is 13.0 Å². The molecular formula is C16H20FN3O2S. The van der Waals surface area contributed by atoms with Crippen LogP contribution in [0.5, 0.6) is 5.75 Å². The molecule has 0 spiro atoms. The van der Waals surface area contributed by atoms with E-state index in [0.717, 1.165) is 10.6 Å². The van der Waals surface area contributed by atoms with Crippen LogP contribution in [0.1, 0.15) is 36.4 Å². The van der Waals surface area contributed by atoms with E-state index in [2.05, 4.69) is 15.6 Å². The number of ether oxygens (including phenoxy) is 1. The van der Waals surface area contributed by atoms with Gasteiger partial charge in [-0.15, -0.1) is 11.3 Å². The molecule has 0 saturated carbocycles. The van der Waals surface area contributed by atoms with Crippen molar-refractivity contribution in [3.05, 3.63) is 46.2 Å². The average Bonchev–Trinajstić information content (AvgIpc) is 3.07. The third-order valence-electron chi connectivity index (χ3n) is 3.46. The Hall–Kier alpha value is -2.15. The molecule has 2 aromatic rings. The number of hydrogen-bond donors (Lipinski definition) is 2. The maximum Gasteiger partial charge on any atom is 0.315 e. The highest BCUT2D eigenvalue weighted by atomic mass is 32.1. The van der Waals surface area contributed by atoms with Crippen molar-refractivity contribution in [2.24, 2.45) is 0 Å². The normalized spacial score (nSPS) is 13.2. The number of urea groups is 1. The van der Waals surface area contributed by atoms with Gasteiger partial charge in [-0.2, -0.15) is 0 Å². The van der Waals surface area contributed by atoms with Crippen LogP contribution in [0.4, 0.5) is 9.18 Å². The molecule has 5 nitrogen and oxygen atoms in total. The smallest absolute Gasteiger partial charge is 0.315 e. The quantitative estimate of drug-likeness (QED) is 0.848. The molecule has 2 atom stereocenters. The van der Waals surface area contributed by atoms with Crippen LogP contribution in [-0.4, -0.2) is 24.7 Å². The van der Waals surface area contributed by atoms with Gasteiger partial charge in [0.2, 0.25) is 0 Å². The monoisotopic (exact) mass is 337 g/mol. The third kappa shape index (κ3) is 4.66. The summed E-state index contributed by atoms with van der Waals surface area (Å²) in [5, 5.41) is 8.55. The molecular weight excluding hydrogens is 317 g/mol. The molecule has 2 amide bonds. The summed E-state index contributed by atoms with van der Waals surface area (Å²) in [6.45, 7) is 4.34. The first-order valence-electron chi connectivity index (χ1n) is 7.28. The second kappa shape index (κ2) is 7.92. The van der Waals surface area contributed by atoms with E-state index < -0.39 is 5.82 Å². The molecule has 124 valence electrons. The summed E-state index contributed by atoms with van der Waals surface area (Å²) in [6, 6.07) is 4.00. The number of methoxy groups -OCH3 is 1. The Balaban J connectivity index is 1.87. The molecule has 2 rings (SSSR count). The minimum absolute atomic E-state index is 0.155. The van der Waals surface area contributed by atoms with Crippen LogP contribution in [-0.2, 0) is 0 Å². The minimum atomic E-state index is -0.426. The fourth-order valence-corrected chi connectivity index (χ4v) is 2.79. The lowest BCUT2D eigenvalue weighted by Gasteiger charge is -2.17. The Morgan fingerprint density at radius 3 is 2.87 bits per heavy atom. The van der Waals surface area contributed by atoms with Gasteiger partial charge in [0.1, 0.15) is 0 Å². The number of carbonyl (C=O) groups excluding carboxylic acids is 1. The molecule has 1 heterocycles. The largest absolute Gasteiger partial charge is 0.494 e. The number of halogens is 1. The Morgan fingerprint density at radius 2 is 2.22 bits per heavy atom.